The lowest BCUT2D eigenvalue weighted by Crippen LogP contribution is -2.37. The third-order valence-corrected chi connectivity index (χ3v) is 6.31. The number of rotatable bonds is 4. The summed E-state index contributed by atoms with van der Waals surface area (Å²) in [4.78, 5) is 14.5. The number of anilines is 1. The van der Waals surface area contributed by atoms with E-state index in [0.29, 0.717) is 11.8 Å². The van der Waals surface area contributed by atoms with E-state index in [1.165, 1.54) is 36.9 Å². The smallest absolute Gasteiger partial charge is 0.266 e. The van der Waals surface area contributed by atoms with Crippen molar-refractivity contribution < 1.29 is 0 Å². The Morgan fingerprint density at radius 2 is 1.81 bits per heavy atom. The van der Waals surface area contributed by atoms with Crippen LogP contribution in [0.1, 0.15) is 61.4 Å². The van der Waals surface area contributed by atoms with Crippen molar-refractivity contribution in [2.45, 2.75) is 63.8 Å². The Balaban J connectivity index is 1.23. The lowest BCUT2D eigenvalue weighted by molar-refractivity contribution is 0.332. The minimum absolute atomic E-state index is 0.0300. The number of hydrogen-bond acceptors (Lipinski definition) is 5. The van der Waals surface area contributed by atoms with E-state index in [1.54, 1.807) is 10.7 Å². The molecule has 2 fully saturated rings. The molecule has 2 aromatic heterocycles. The molecular formula is C21H27N5O. The molecular weight excluding hydrogens is 338 g/mol. The maximum atomic E-state index is 12.2. The van der Waals surface area contributed by atoms with Gasteiger partial charge in [0, 0.05) is 31.6 Å². The largest absolute Gasteiger partial charge is 0.355 e. The predicted molar refractivity (Wildman–Crippen MR) is 104 cm³/mol. The van der Waals surface area contributed by atoms with E-state index in [9.17, 15) is 4.79 Å². The van der Waals surface area contributed by atoms with Gasteiger partial charge >= 0.3 is 0 Å². The lowest BCUT2D eigenvalue weighted by Gasteiger charge is -2.33. The zero-order chi connectivity index (χ0) is 18.2. The van der Waals surface area contributed by atoms with Gasteiger partial charge < -0.3 is 4.90 Å². The van der Waals surface area contributed by atoms with Gasteiger partial charge in [0.05, 0.1) is 11.4 Å². The van der Waals surface area contributed by atoms with Crippen LogP contribution in [0.15, 0.2) is 23.0 Å². The number of hydrogen-bond donors (Lipinski definition) is 0. The van der Waals surface area contributed by atoms with E-state index < -0.39 is 0 Å². The molecule has 0 unspecified atom stereocenters. The lowest BCUT2D eigenvalue weighted by atomic mass is 9.95. The van der Waals surface area contributed by atoms with Gasteiger partial charge in [-0.05, 0) is 75.0 Å². The van der Waals surface area contributed by atoms with Crippen molar-refractivity contribution in [2.75, 3.05) is 18.0 Å². The van der Waals surface area contributed by atoms with Crippen molar-refractivity contribution in [3.63, 3.8) is 0 Å². The molecule has 0 bridgehead atoms. The Morgan fingerprint density at radius 3 is 2.63 bits per heavy atom. The second kappa shape index (κ2) is 7.06. The van der Waals surface area contributed by atoms with Gasteiger partial charge in [0.2, 0.25) is 0 Å². The summed E-state index contributed by atoms with van der Waals surface area (Å²) >= 11 is 0. The van der Waals surface area contributed by atoms with E-state index in [0.717, 1.165) is 56.8 Å². The molecule has 2 aromatic rings. The third kappa shape index (κ3) is 3.62. The molecule has 27 heavy (non-hydrogen) atoms. The zero-order valence-electron chi connectivity index (χ0n) is 15.8. The van der Waals surface area contributed by atoms with E-state index in [1.807, 2.05) is 6.07 Å². The molecule has 6 heteroatoms. The van der Waals surface area contributed by atoms with E-state index in [-0.39, 0.29) is 5.56 Å². The summed E-state index contributed by atoms with van der Waals surface area (Å²) in [6.07, 6.45) is 9.29. The van der Waals surface area contributed by atoms with Crippen LogP contribution >= 0.6 is 0 Å². The third-order valence-electron chi connectivity index (χ3n) is 6.31. The summed E-state index contributed by atoms with van der Waals surface area (Å²) in [5.74, 6) is 2.12. The molecule has 3 aliphatic rings. The van der Waals surface area contributed by atoms with Crippen LogP contribution < -0.4 is 10.5 Å². The highest BCUT2D eigenvalue weighted by Gasteiger charge is 2.27. The van der Waals surface area contributed by atoms with Crippen molar-refractivity contribution >= 4 is 5.82 Å². The molecule has 0 atom stereocenters. The van der Waals surface area contributed by atoms with Gasteiger partial charge in [0.1, 0.15) is 0 Å². The minimum Gasteiger partial charge on any atom is -0.355 e. The summed E-state index contributed by atoms with van der Waals surface area (Å²) in [6, 6.07) is 5.86. The molecule has 0 spiro atoms. The normalized spacial score (nSPS) is 20.5. The van der Waals surface area contributed by atoms with Gasteiger partial charge in [0.15, 0.2) is 5.82 Å². The van der Waals surface area contributed by atoms with E-state index >= 15 is 0 Å². The average Bonchev–Trinajstić information content (AvgIpc) is 3.55. The second-order valence-corrected chi connectivity index (χ2v) is 8.36. The maximum absolute atomic E-state index is 12.2. The highest BCUT2D eigenvalue weighted by Crippen LogP contribution is 2.38. The van der Waals surface area contributed by atoms with Gasteiger partial charge in [-0.25, -0.2) is 4.68 Å². The Labute approximate surface area is 159 Å². The fraction of sp³-hybridized carbons (Fsp3) is 0.619. The molecule has 1 aliphatic heterocycles. The highest BCUT2D eigenvalue weighted by atomic mass is 16.1. The molecule has 3 heterocycles. The molecule has 1 saturated heterocycles. The minimum atomic E-state index is 0.0300. The van der Waals surface area contributed by atoms with E-state index in [4.69, 9.17) is 0 Å². The molecule has 0 N–H and O–H groups in total. The van der Waals surface area contributed by atoms with Gasteiger partial charge in [0.25, 0.3) is 5.56 Å². The SMILES string of the molecule is O=c1ccc(C2CC2)nn1CC1CCN(c2cc3c(nn2)CCCC3)CC1. The summed E-state index contributed by atoms with van der Waals surface area (Å²) in [7, 11) is 0. The molecule has 5 rings (SSSR count). The first-order valence-corrected chi connectivity index (χ1v) is 10.4. The summed E-state index contributed by atoms with van der Waals surface area (Å²) in [5.41, 5.74) is 3.71. The van der Waals surface area contributed by atoms with Gasteiger partial charge in [-0.15, -0.1) is 5.10 Å². The van der Waals surface area contributed by atoms with Crippen molar-refractivity contribution in [2.24, 2.45) is 5.92 Å². The van der Waals surface area contributed by atoms with E-state index in [2.05, 4.69) is 26.3 Å². The van der Waals surface area contributed by atoms with Gasteiger partial charge in [-0.1, -0.05) is 0 Å². The maximum Gasteiger partial charge on any atom is 0.266 e. The van der Waals surface area contributed by atoms with Crippen LogP contribution in [0, 0.1) is 5.92 Å². The zero-order valence-corrected chi connectivity index (χ0v) is 15.8. The average molecular weight is 365 g/mol. The summed E-state index contributed by atoms with van der Waals surface area (Å²) < 4.78 is 1.70. The van der Waals surface area contributed by atoms with Crippen LogP contribution in [-0.2, 0) is 19.4 Å². The van der Waals surface area contributed by atoms with Crippen molar-refractivity contribution in [1.82, 2.24) is 20.0 Å². The monoisotopic (exact) mass is 365 g/mol. The van der Waals surface area contributed by atoms with Crippen molar-refractivity contribution in [1.29, 1.82) is 0 Å². The van der Waals surface area contributed by atoms with Crippen molar-refractivity contribution in [3.8, 4) is 0 Å². The van der Waals surface area contributed by atoms with Crippen LogP contribution in [0.3, 0.4) is 0 Å². The summed E-state index contributed by atoms with van der Waals surface area (Å²) in [6.45, 7) is 2.70. The Kier molecular flexibility index (Phi) is 4.42. The van der Waals surface area contributed by atoms with Crippen LogP contribution in [-0.4, -0.2) is 33.1 Å². The predicted octanol–water partition coefficient (Wildman–Crippen LogP) is 2.71. The Hall–Kier alpha value is -2.24. The number of fused-ring (bicyclic) bond motifs is 1. The molecule has 0 amide bonds. The van der Waals surface area contributed by atoms with Crippen molar-refractivity contribution in [3.05, 3.63) is 45.5 Å². The van der Waals surface area contributed by atoms with Gasteiger partial charge in [-0.3, -0.25) is 4.79 Å². The molecule has 2 aliphatic carbocycles. The van der Waals surface area contributed by atoms with Crippen LogP contribution in [0.4, 0.5) is 5.82 Å². The summed E-state index contributed by atoms with van der Waals surface area (Å²) in [5, 5.41) is 13.6. The second-order valence-electron chi connectivity index (χ2n) is 8.36. The quantitative estimate of drug-likeness (QED) is 0.834. The molecule has 142 valence electrons. The fourth-order valence-electron chi connectivity index (χ4n) is 4.41. The van der Waals surface area contributed by atoms with Crippen LogP contribution in [0.5, 0.6) is 0 Å². The highest BCUT2D eigenvalue weighted by molar-refractivity contribution is 5.42. The fourth-order valence-corrected chi connectivity index (χ4v) is 4.41. The Morgan fingerprint density at radius 1 is 1.00 bits per heavy atom. The first-order valence-electron chi connectivity index (χ1n) is 10.4. The standard InChI is InChI=1S/C21H27N5O/c27-21-8-7-19(16-5-6-16)24-26(21)14-15-9-11-25(12-10-15)20-13-17-3-1-2-4-18(17)22-23-20/h7-8,13,15-16H,1-6,9-12,14H2. The van der Waals surface area contributed by atoms with Gasteiger partial charge in [-0.2, -0.15) is 10.2 Å². The number of nitrogens with zero attached hydrogens (tertiary/aromatic N) is 5. The number of aromatic nitrogens is 4. The molecule has 1 saturated carbocycles. The Bertz CT molecular complexity index is 880. The van der Waals surface area contributed by atoms with Crippen LogP contribution in [0.2, 0.25) is 0 Å². The number of piperidine rings is 1. The molecule has 0 aromatic carbocycles. The molecule has 0 radical (unpaired) electrons. The first-order chi connectivity index (χ1) is 13.3. The molecule has 6 nitrogen and oxygen atoms in total. The van der Waals surface area contributed by atoms with Crippen LogP contribution in [0.25, 0.3) is 0 Å². The number of aryl methyl sites for hydroxylation is 2. The first kappa shape index (κ1) is 16.9. The topological polar surface area (TPSA) is 63.9 Å².